The lowest BCUT2D eigenvalue weighted by Gasteiger charge is -2.24. The molecule has 148 valence electrons. The zero-order valence-electron chi connectivity index (χ0n) is 15.5. The van der Waals surface area contributed by atoms with Crippen molar-refractivity contribution in [1.29, 1.82) is 0 Å². The van der Waals surface area contributed by atoms with Crippen LogP contribution < -0.4 is 10.6 Å². The van der Waals surface area contributed by atoms with E-state index in [1.165, 1.54) is 6.92 Å². The van der Waals surface area contributed by atoms with Gasteiger partial charge in [0, 0.05) is 17.9 Å². The molecule has 2 aromatic carbocycles. The lowest BCUT2D eigenvalue weighted by Crippen LogP contribution is -2.55. The molecule has 0 aliphatic rings. The van der Waals surface area contributed by atoms with Crippen molar-refractivity contribution in [3.05, 3.63) is 71.8 Å². The van der Waals surface area contributed by atoms with Crippen molar-refractivity contribution in [3.8, 4) is 0 Å². The number of hydrogen-bond acceptors (Lipinski definition) is 3. The predicted molar refractivity (Wildman–Crippen MR) is 103 cm³/mol. The van der Waals surface area contributed by atoms with E-state index in [0.717, 1.165) is 5.56 Å². The van der Waals surface area contributed by atoms with Crippen molar-refractivity contribution in [2.45, 2.75) is 25.4 Å². The van der Waals surface area contributed by atoms with Gasteiger partial charge in [-0.05, 0) is 17.7 Å². The molecule has 0 aromatic heterocycles. The van der Waals surface area contributed by atoms with Crippen LogP contribution in [0.3, 0.4) is 0 Å². The molecule has 0 heterocycles. The summed E-state index contributed by atoms with van der Waals surface area (Å²) in [6.07, 6.45) is 0.0747. The van der Waals surface area contributed by atoms with Gasteiger partial charge in [0.2, 0.25) is 5.91 Å². The molecule has 28 heavy (non-hydrogen) atoms. The first kappa shape index (κ1) is 21.1. The highest BCUT2D eigenvalue weighted by molar-refractivity contribution is 5.98. The van der Waals surface area contributed by atoms with E-state index in [1.54, 1.807) is 60.7 Å². The van der Waals surface area contributed by atoms with Gasteiger partial charge in [0.15, 0.2) is 0 Å². The second-order valence-electron chi connectivity index (χ2n) is 6.54. The molecule has 0 fully saturated rings. The highest BCUT2D eigenvalue weighted by atomic mass is 19.1. The van der Waals surface area contributed by atoms with Crippen LogP contribution in [0.4, 0.5) is 4.39 Å². The normalized spacial score (nSPS) is 13.8. The number of carbonyl (C=O) groups is 3. The van der Waals surface area contributed by atoms with Gasteiger partial charge in [-0.1, -0.05) is 55.5 Å². The van der Waals surface area contributed by atoms with Crippen LogP contribution >= 0.6 is 0 Å². The maximum absolute atomic E-state index is 13.2. The third-order valence-electron chi connectivity index (χ3n) is 4.31. The predicted octanol–water partition coefficient (Wildman–Crippen LogP) is 2.20. The summed E-state index contributed by atoms with van der Waals surface area (Å²) >= 11 is 0. The summed E-state index contributed by atoms with van der Waals surface area (Å²) in [6, 6.07) is 14.7. The van der Waals surface area contributed by atoms with Gasteiger partial charge in [0.25, 0.3) is 5.91 Å². The summed E-state index contributed by atoms with van der Waals surface area (Å²) in [5.74, 6) is -3.30. The number of nitrogens with one attached hydrogen (secondary N) is 2. The zero-order chi connectivity index (χ0) is 20.5. The summed E-state index contributed by atoms with van der Waals surface area (Å²) in [5, 5.41) is 14.4. The van der Waals surface area contributed by atoms with Crippen LogP contribution in [0.5, 0.6) is 0 Å². The van der Waals surface area contributed by atoms with Crippen LogP contribution in [0.1, 0.15) is 22.8 Å². The first-order valence-electron chi connectivity index (χ1n) is 8.91. The lowest BCUT2D eigenvalue weighted by atomic mass is 10.00. The van der Waals surface area contributed by atoms with Crippen LogP contribution in [-0.4, -0.2) is 41.6 Å². The van der Waals surface area contributed by atoms with Crippen LogP contribution in [0, 0.1) is 5.92 Å². The third-order valence-corrected chi connectivity index (χ3v) is 4.31. The highest BCUT2D eigenvalue weighted by Crippen LogP contribution is 2.09. The van der Waals surface area contributed by atoms with E-state index in [4.69, 9.17) is 0 Å². The average molecular weight is 386 g/mol. The molecule has 1 unspecified atom stereocenters. The van der Waals surface area contributed by atoms with Crippen LogP contribution in [0.15, 0.2) is 60.7 Å². The van der Waals surface area contributed by atoms with Gasteiger partial charge >= 0.3 is 5.97 Å². The van der Waals surface area contributed by atoms with Crippen LogP contribution in [0.2, 0.25) is 0 Å². The maximum atomic E-state index is 13.2. The minimum Gasteiger partial charge on any atom is -0.480 e. The Bertz CT molecular complexity index is 799. The number of carboxylic acids is 1. The Balaban J connectivity index is 2.12. The minimum absolute atomic E-state index is 0.0747. The molecule has 0 radical (unpaired) electrons. The van der Waals surface area contributed by atoms with Gasteiger partial charge in [0.05, 0.1) is 6.67 Å². The molecule has 6 nitrogen and oxygen atoms in total. The van der Waals surface area contributed by atoms with Gasteiger partial charge in [-0.15, -0.1) is 0 Å². The molecule has 2 rings (SSSR count). The molecule has 0 spiro atoms. The van der Waals surface area contributed by atoms with E-state index in [0.29, 0.717) is 5.56 Å². The fourth-order valence-corrected chi connectivity index (χ4v) is 2.68. The number of aliphatic carboxylic acids is 1. The zero-order valence-corrected chi connectivity index (χ0v) is 15.5. The molecule has 3 N–H and O–H groups in total. The standard InChI is InChI=1S/C21H23FN2O4/c1-14(13-22)18(24-19(25)16-10-6-3-7-11-16)20(26)23-17(21(27)28)12-15-8-4-2-5-9-15/h2-11,14,17-18H,12-13H2,1H3,(H,23,26)(H,24,25)(H,27,28)/t14?,17-,18+/m0/s1. The number of carbonyl (C=O) groups excluding carboxylic acids is 2. The molecule has 0 aliphatic heterocycles. The third kappa shape index (κ3) is 5.90. The number of carboxylic acid groups (broad SMARTS) is 1. The fourth-order valence-electron chi connectivity index (χ4n) is 2.68. The van der Waals surface area contributed by atoms with Crippen molar-refractivity contribution in [3.63, 3.8) is 0 Å². The molecule has 0 aliphatic carbocycles. The van der Waals surface area contributed by atoms with Crippen molar-refractivity contribution in [1.82, 2.24) is 10.6 Å². The van der Waals surface area contributed by atoms with Crippen molar-refractivity contribution in [2.75, 3.05) is 6.67 Å². The van der Waals surface area contributed by atoms with Gasteiger partial charge in [0.1, 0.15) is 12.1 Å². The average Bonchev–Trinajstić information content (AvgIpc) is 2.72. The van der Waals surface area contributed by atoms with E-state index >= 15 is 0 Å². The first-order valence-corrected chi connectivity index (χ1v) is 8.91. The van der Waals surface area contributed by atoms with Crippen molar-refractivity contribution < 1.29 is 23.9 Å². The Morgan fingerprint density at radius 1 is 0.964 bits per heavy atom. The van der Waals surface area contributed by atoms with Crippen molar-refractivity contribution in [2.24, 2.45) is 5.92 Å². The smallest absolute Gasteiger partial charge is 0.326 e. The van der Waals surface area contributed by atoms with Gasteiger partial charge in [-0.25, -0.2) is 4.79 Å². The lowest BCUT2D eigenvalue weighted by molar-refractivity contribution is -0.142. The van der Waals surface area contributed by atoms with Crippen LogP contribution in [0.25, 0.3) is 0 Å². The number of alkyl halides is 1. The van der Waals surface area contributed by atoms with Gasteiger partial charge in [-0.2, -0.15) is 0 Å². The molecule has 7 heteroatoms. The topological polar surface area (TPSA) is 95.5 Å². The monoisotopic (exact) mass is 386 g/mol. The Morgan fingerprint density at radius 3 is 2.07 bits per heavy atom. The van der Waals surface area contributed by atoms with E-state index < -0.39 is 42.5 Å². The number of amides is 2. The number of rotatable bonds is 9. The summed E-state index contributed by atoms with van der Waals surface area (Å²) < 4.78 is 13.2. The molecule has 2 aromatic rings. The number of benzene rings is 2. The second-order valence-corrected chi connectivity index (χ2v) is 6.54. The van der Waals surface area contributed by atoms with Crippen LogP contribution in [-0.2, 0) is 16.0 Å². The molecule has 0 bridgehead atoms. The highest BCUT2D eigenvalue weighted by Gasteiger charge is 2.30. The Labute approximate surface area is 162 Å². The quantitative estimate of drug-likeness (QED) is 0.616. The Morgan fingerprint density at radius 2 is 1.54 bits per heavy atom. The SMILES string of the molecule is CC(CF)[C@@H](NC(=O)c1ccccc1)C(=O)N[C@@H](Cc1ccccc1)C(=O)O. The van der Waals surface area contributed by atoms with E-state index in [9.17, 15) is 23.9 Å². The molecule has 3 atom stereocenters. The maximum Gasteiger partial charge on any atom is 0.326 e. The minimum atomic E-state index is -1.21. The van der Waals surface area contributed by atoms with Gasteiger partial charge < -0.3 is 15.7 Å². The fraction of sp³-hybridized carbons (Fsp3) is 0.286. The molecule has 2 amide bonds. The Kier molecular flexibility index (Phi) is 7.68. The Hall–Kier alpha value is -3.22. The summed E-state index contributed by atoms with van der Waals surface area (Å²) in [7, 11) is 0. The largest absolute Gasteiger partial charge is 0.480 e. The molecule has 0 saturated heterocycles. The van der Waals surface area contributed by atoms with E-state index in [1.807, 2.05) is 0 Å². The number of hydrogen-bond donors (Lipinski definition) is 3. The van der Waals surface area contributed by atoms with E-state index in [2.05, 4.69) is 10.6 Å². The summed E-state index contributed by atoms with van der Waals surface area (Å²) in [4.78, 5) is 36.6. The first-order chi connectivity index (χ1) is 13.4. The summed E-state index contributed by atoms with van der Waals surface area (Å²) in [5.41, 5.74) is 1.06. The van der Waals surface area contributed by atoms with Gasteiger partial charge in [-0.3, -0.25) is 14.0 Å². The molecular weight excluding hydrogens is 363 g/mol. The number of halogens is 1. The molecular formula is C21H23FN2O4. The molecule has 0 saturated carbocycles. The second kappa shape index (κ2) is 10.2. The van der Waals surface area contributed by atoms with E-state index in [-0.39, 0.29) is 6.42 Å². The van der Waals surface area contributed by atoms with Crippen molar-refractivity contribution >= 4 is 17.8 Å². The summed E-state index contributed by atoms with van der Waals surface area (Å²) in [6.45, 7) is 0.631.